The SMILES string of the molecule is C[C@@H](NC(N)=O)C(=O)N1CCN(C(=O)Cc2ccccc2F)CC1. The highest BCUT2D eigenvalue weighted by molar-refractivity contribution is 5.86. The standard InChI is InChI=1S/C16H21FN4O3/c1-11(19-16(18)24)15(23)21-8-6-20(7-9-21)14(22)10-12-4-2-3-5-13(12)17/h2-5,11H,6-10H2,1H3,(H3,18,19,24)/t11-/m1/s1. The van der Waals surface area contributed by atoms with Gasteiger partial charge in [0.05, 0.1) is 6.42 Å². The minimum atomic E-state index is -0.755. The third kappa shape index (κ3) is 4.43. The van der Waals surface area contributed by atoms with Crippen LogP contribution in [0.4, 0.5) is 9.18 Å². The lowest BCUT2D eigenvalue weighted by Crippen LogP contribution is -2.55. The first kappa shape index (κ1) is 17.7. The summed E-state index contributed by atoms with van der Waals surface area (Å²) in [5, 5.41) is 2.34. The van der Waals surface area contributed by atoms with E-state index in [-0.39, 0.29) is 18.2 Å². The van der Waals surface area contributed by atoms with Crippen LogP contribution in [0, 0.1) is 5.82 Å². The zero-order valence-electron chi connectivity index (χ0n) is 13.5. The van der Waals surface area contributed by atoms with Gasteiger partial charge in [0.1, 0.15) is 11.9 Å². The fourth-order valence-corrected chi connectivity index (χ4v) is 2.64. The molecule has 2 rings (SSSR count). The van der Waals surface area contributed by atoms with Crippen LogP contribution in [0.5, 0.6) is 0 Å². The number of benzene rings is 1. The minimum Gasteiger partial charge on any atom is -0.352 e. The van der Waals surface area contributed by atoms with Gasteiger partial charge in [-0.1, -0.05) is 18.2 Å². The highest BCUT2D eigenvalue weighted by Gasteiger charge is 2.27. The zero-order valence-corrected chi connectivity index (χ0v) is 13.5. The van der Waals surface area contributed by atoms with Gasteiger partial charge in [-0.05, 0) is 18.6 Å². The molecule has 0 spiro atoms. The van der Waals surface area contributed by atoms with E-state index in [4.69, 9.17) is 5.73 Å². The van der Waals surface area contributed by atoms with Crippen LogP contribution in [-0.4, -0.2) is 59.9 Å². The molecule has 0 saturated carbocycles. The molecule has 1 saturated heterocycles. The molecule has 0 unspecified atom stereocenters. The molecule has 0 aromatic heterocycles. The average Bonchev–Trinajstić information content (AvgIpc) is 2.55. The van der Waals surface area contributed by atoms with Crippen molar-refractivity contribution in [1.82, 2.24) is 15.1 Å². The number of carbonyl (C=O) groups excluding carboxylic acids is 3. The van der Waals surface area contributed by atoms with Crippen LogP contribution in [0.1, 0.15) is 12.5 Å². The summed E-state index contributed by atoms with van der Waals surface area (Å²) in [6.45, 7) is 3.05. The lowest BCUT2D eigenvalue weighted by atomic mass is 10.1. The fourth-order valence-electron chi connectivity index (χ4n) is 2.64. The van der Waals surface area contributed by atoms with Crippen molar-refractivity contribution >= 4 is 17.8 Å². The van der Waals surface area contributed by atoms with Gasteiger partial charge in [-0.15, -0.1) is 0 Å². The van der Waals surface area contributed by atoms with Crippen molar-refractivity contribution in [3.05, 3.63) is 35.6 Å². The molecule has 3 N–H and O–H groups in total. The number of nitrogens with zero attached hydrogens (tertiary/aromatic N) is 2. The molecule has 1 aliphatic rings. The number of halogens is 1. The van der Waals surface area contributed by atoms with Crippen molar-refractivity contribution < 1.29 is 18.8 Å². The fraction of sp³-hybridized carbons (Fsp3) is 0.438. The van der Waals surface area contributed by atoms with Crippen LogP contribution < -0.4 is 11.1 Å². The molecule has 0 radical (unpaired) electrons. The lowest BCUT2D eigenvalue weighted by Gasteiger charge is -2.36. The maximum atomic E-state index is 13.6. The number of primary amides is 1. The number of hydrogen-bond acceptors (Lipinski definition) is 3. The smallest absolute Gasteiger partial charge is 0.312 e. The van der Waals surface area contributed by atoms with Crippen LogP contribution in [0.25, 0.3) is 0 Å². The van der Waals surface area contributed by atoms with Gasteiger partial charge in [-0.2, -0.15) is 0 Å². The highest BCUT2D eigenvalue weighted by atomic mass is 19.1. The molecule has 1 atom stereocenters. The Morgan fingerprint density at radius 1 is 1.17 bits per heavy atom. The third-order valence-electron chi connectivity index (χ3n) is 3.97. The molecule has 1 aromatic carbocycles. The Morgan fingerprint density at radius 2 is 1.75 bits per heavy atom. The molecule has 0 aliphatic carbocycles. The second-order valence-corrected chi connectivity index (χ2v) is 5.70. The van der Waals surface area contributed by atoms with Crippen molar-refractivity contribution in [2.24, 2.45) is 5.73 Å². The van der Waals surface area contributed by atoms with Crippen molar-refractivity contribution in [2.75, 3.05) is 26.2 Å². The van der Waals surface area contributed by atoms with Crippen molar-refractivity contribution in [2.45, 2.75) is 19.4 Å². The number of rotatable bonds is 4. The van der Waals surface area contributed by atoms with Crippen LogP contribution in [0.3, 0.4) is 0 Å². The summed E-state index contributed by atoms with van der Waals surface area (Å²) in [6.07, 6.45) is 0.000251. The van der Waals surface area contributed by atoms with Gasteiger partial charge in [-0.25, -0.2) is 9.18 Å². The molecule has 1 heterocycles. The summed E-state index contributed by atoms with van der Waals surface area (Å²) in [5.74, 6) is -0.809. The molecule has 7 nitrogen and oxygen atoms in total. The number of urea groups is 1. The predicted molar refractivity (Wildman–Crippen MR) is 85.4 cm³/mol. The molecule has 8 heteroatoms. The van der Waals surface area contributed by atoms with Crippen LogP contribution in [-0.2, 0) is 16.0 Å². The summed E-state index contributed by atoms with van der Waals surface area (Å²) >= 11 is 0. The van der Waals surface area contributed by atoms with Gasteiger partial charge in [0.15, 0.2) is 0 Å². The van der Waals surface area contributed by atoms with E-state index in [1.54, 1.807) is 34.9 Å². The molecular formula is C16H21FN4O3. The van der Waals surface area contributed by atoms with E-state index in [1.807, 2.05) is 0 Å². The van der Waals surface area contributed by atoms with Crippen LogP contribution in [0.2, 0.25) is 0 Å². The second-order valence-electron chi connectivity index (χ2n) is 5.70. The quantitative estimate of drug-likeness (QED) is 0.816. The molecule has 24 heavy (non-hydrogen) atoms. The van der Waals surface area contributed by atoms with E-state index in [0.29, 0.717) is 31.7 Å². The summed E-state index contributed by atoms with van der Waals surface area (Å²) in [4.78, 5) is 38.4. The first-order chi connectivity index (χ1) is 11.4. The molecule has 1 aromatic rings. The number of piperazine rings is 1. The predicted octanol–water partition coefficient (Wildman–Crippen LogP) is 0.0958. The molecule has 4 amide bonds. The normalized spacial score (nSPS) is 15.8. The summed E-state index contributed by atoms with van der Waals surface area (Å²) in [7, 11) is 0. The molecular weight excluding hydrogens is 315 g/mol. The Balaban J connectivity index is 1.86. The van der Waals surface area contributed by atoms with Gasteiger partial charge >= 0.3 is 6.03 Å². The first-order valence-corrected chi connectivity index (χ1v) is 7.74. The van der Waals surface area contributed by atoms with Gasteiger partial charge in [-0.3, -0.25) is 9.59 Å². The lowest BCUT2D eigenvalue weighted by molar-refractivity contribution is -0.140. The molecule has 0 bridgehead atoms. The maximum Gasteiger partial charge on any atom is 0.312 e. The Hall–Kier alpha value is -2.64. The third-order valence-corrected chi connectivity index (χ3v) is 3.97. The Morgan fingerprint density at radius 3 is 2.33 bits per heavy atom. The largest absolute Gasteiger partial charge is 0.352 e. The average molecular weight is 336 g/mol. The van der Waals surface area contributed by atoms with Crippen LogP contribution >= 0.6 is 0 Å². The monoisotopic (exact) mass is 336 g/mol. The topological polar surface area (TPSA) is 95.7 Å². The van der Waals surface area contributed by atoms with Crippen molar-refractivity contribution in [3.63, 3.8) is 0 Å². The molecule has 130 valence electrons. The summed E-state index contributed by atoms with van der Waals surface area (Å²) < 4.78 is 13.6. The Kier molecular flexibility index (Phi) is 5.73. The van der Waals surface area contributed by atoms with E-state index in [9.17, 15) is 18.8 Å². The first-order valence-electron chi connectivity index (χ1n) is 7.74. The van der Waals surface area contributed by atoms with Gasteiger partial charge in [0, 0.05) is 26.2 Å². The van der Waals surface area contributed by atoms with E-state index >= 15 is 0 Å². The zero-order chi connectivity index (χ0) is 17.7. The second kappa shape index (κ2) is 7.76. The number of nitrogens with two attached hydrogens (primary N) is 1. The van der Waals surface area contributed by atoms with Crippen molar-refractivity contribution in [3.8, 4) is 0 Å². The van der Waals surface area contributed by atoms with Gasteiger partial charge in [0.25, 0.3) is 0 Å². The van der Waals surface area contributed by atoms with Crippen molar-refractivity contribution in [1.29, 1.82) is 0 Å². The van der Waals surface area contributed by atoms with E-state index in [2.05, 4.69) is 5.32 Å². The summed E-state index contributed by atoms with van der Waals surface area (Å²) in [6, 6.07) is 4.72. The number of nitrogens with one attached hydrogen (secondary N) is 1. The minimum absolute atomic E-state index is 0.000251. The van der Waals surface area contributed by atoms with Crippen LogP contribution in [0.15, 0.2) is 24.3 Å². The number of amides is 4. The maximum absolute atomic E-state index is 13.6. The Bertz CT molecular complexity index is 630. The van der Waals surface area contributed by atoms with Gasteiger partial charge in [0.2, 0.25) is 11.8 Å². The number of carbonyl (C=O) groups is 3. The van der Waals surface area contributed by atoms with E-state index in [0.717, 1.165) is 0 Å². The molecule has 1 aliphatic heterocycles. The summed E-state index contributed by atoms with van der Waals surface area (Å²) in [5.41, 5.74) is 5.37. The highest BCUT2D eigenvalue weighted by Crippen LogP contribution is 2.11. The van der Waals surface area contributed by atoms with Gasteiger partial charge < -0.3 is 20.9 Å². The number of hydrogen-bond donors (Lipinski definition) is 2. The Labute approximate surface area is 139 Å². The molecule has 1 fully saturated rings. The van der Waals surface area contributed by atoms with E-state index in [1.165, 1.54) is 6.07 Å². The van der Waals surface area contributed by atoms with E-state index < -0.39 is 17.9 Å².